The van der Waals surface area contributed by atoms with Gasteiger partial charge in [-0.2, -0.15) is 0 Å². The Morgan fingerprint density at radius 2 is 2.12 bits per heavy atom. The summed E-state index contributed by atoms with van der Waals surface area (Å²) in [7, 11) is 1.47. The normalized spacial score (nSPS) is 14.1. The molecule has 0 unspecified atom stereocenters. The van der Waals surface area contributed by atoms with Gasteiger partial charge in [0.15, 0.2) is 23.0 Å². The number of hydrogen-bond donors (Lipinski definition) is 0. The molecule has 0 aliphatic carbocycles. The minimum Gasteiger partial charge on any atom is -0.494 e. The lowest BCUT2D eigenvalue weighted by Crippen LogP contribution is -2.04. The second kappa shape index (κ2) is 4.84. The number of halogens is 1. The first kappa shape index (κ1) is 12.0. The summed E-state index contributed by atoms with van der Waals surface area (Å²) in [4.78, 5) is 11.7. The minimum atomic E-state index is -0.161. The van der Waals surface area contributed by atoms with Crippen molar-refractivity contribution in [1.82, 2.24) is 0 Å². The zero-order valence-electron chi connectivity index (χ0n) is 9.71. The highest BCUT2D eigenvalue weighted by Gasteiger charge is 2.24. The maximum absolute atomic E-state index is 11.7. The first-order valence-electron chi connectivity index (χ1n) is 5.32. The van der Waals surface area contributed by atoms with Crippen molar-refractivity contribution in [1.29, 1.82) is 0 Å². The minimum absolute atomic E-state index is 0.161. The van der Waals surface area contributed by atoms with Gasteiger partial charge in [0, 0.05) is 12.5 Å². The molecule has 4 nitrogen and oxygen atoms in total. The number of ether oxygens (including phenoxy) is 3. The van der Waals surface area contributed by atoms with E-state index in [2.05, 4.69) is 0 Å². The van der Waals surface area contributed by atoms with Gasteiger partial charge in [-0.05, 0) is 6.92 Å². The third kappa shape index (κ3) is 2.17. The van der Waals surface area contributed by atoms with E-state index in [4.69, 9.17) is 25.8 Å². The lowest BCUT2D eigenvalue weighted by molar-refractivity contribution is 0.101. The Bertz CT molecular complexity index is 456. The molecule has 0 bridgehead atoms. The third-order valence-electron chi connectivity index (χ3n) is 2.50. The Labute approximate surface area is 104 Å². The summed E-state index contributed by atoms with van der Waals surface area (Å²) >= 11 is 6.05. The van der Waals surface area contributed by atoms with E-state index in [-0.39, 0.29) is 5.78 Å². The summed E-state index contributed by atoms with van der Waals surface area (Å²) in [5, 5.41) is 0.349. The van der Waals surface area contributed by atoms with E-state index in [0.717, 1.165) is 6.42 Å². The van der Waals surface area contributed by atoms with Crippen LogP contribution in [0.3, 0.4) is 0 Å². The molecule has 0 aromatic heterocycles. The molecule has 17 heavy (non-hydrogen) atoms. The van der Waals surface area contributed by atoms with Crippen LogP contribution in [-0.4, -0.2) is 26.1 Å². The molecule has 0 amide bonds. The molecule has 5 heteroatoms. The molecule has 2 rings (SSSR count). The van der Waals surface area contributed by atoms with E-state index in [1.807, 2.05) is 0 Å². The molecular weight excluding hydrogens is 244 g/mol. The summed E-state index contributed by atoms with van der Waals surface area (Å²) in [5.41, 5.74) is 0.344. The van der Waals surface area contributed by atoms with Crippen molar-refractivity contribution in [3.8, 4) is 17.2 Å². The number of carbonyl (C=O) groups is 1. The lowest BCUT2D eigenvalue weighted by Gasteiger charge is -2.15. The lowest BCUT2D eigenvalue weighted by atomic mass is 10.1. The number of benzene rings is 1. The van der Waals surface area contributed by atoms with Gasteiger partial charge in [0.05, 0.1) is 25.3 Å². The molecule has 0 saturated heterocycles. The molecule has 0 atom stereocenters. The van der Waals surface area contributed by atoms with Crippen LogP contribution >= 0.6 is 11.6 Å². The Balaban J connectivity index is 2.66. The van der Waals surface area contributed by atoms with Gasteiger partial charge in [0.25, 0.3) is 0 Å². The van der Waals surface area contributed by atoms with Crippen LogP contribution in [0.15, 0.2) is 6.07 Å². The average molecular weight is 257 g/mol. The molecule has 0 N–H and O–H groups in total. The number of hydrogen-bond acceptors (Lipinski definition) is 4. The predicted molar refractivity (Wildman–Crippen MR) is 63.6 cm³/mol. The second-order valence-electron chi connectivity index (χ2n) is 3.70. The van der Waals surface area contributed by atoms with Gasteiger partial charge in [-0.15, -0.1) is 0 Å². The van der Waals surface area contributed by atoms with Crippen molar-refractivity contribution < 1.29 is 19.0 Å². The van der Waals surface area contributed by atoms with Crippen LogP contribution in [0.5, 0.6) is 17.2 Å². The highest BCUT2D eigenvalue weighted by atomic mass is 35.5. The second-order valence-corrected chi connectivity index (χ2v) is 4.11. The van der Waals surface area contributed by atoms with Crippen LogP contribution in [0.4, 0.5) is 0 Å². The van der Waals surface area contributed by atoms with Gasteiger partial charge >= 0.3 is 0 Å². The number of Topliss-reactive ketones (excluding diaryl/α,β-unsaturated/α-hetero) is 1. The van der Waals surface area contributed by atoms with Crippen LogP contribution in [0.2, 0.25) is 5.02 Å². The van der Waals surface area contributed by atoms with E-state index in [0.29, 0.717) is 41.0 Å². The summed E-state index contributed by atoms with van der Waals surface area (Å²) in [6.07, 6.45) is 0.770. The van der Waals surface area contributed by atoms with E-state index in [9.17, 15) is 4.79 Å². The maximum atomic E-state index is 11.7. The van der Waals surface area contributed by atoms with Crippen molar-refractivity contribution in [2.24, 2.45) is 0 Å². The number of carbonyl (C=O) groups excluding carboxylic acids is 1. The Morgan fingerprint density at radius 3 is 2.76 bits per heavy atom. The summed E-state index contributed by atoms with van der Waals surface area (Å²) < 4.78 is 16.2. The molecule has 1 aromatic rings. The average Bonchev–Trinajstić information content (AvgIpc) is 2.51. The topological polar surface area (TPSA) is 44.8 Å². The zero-order valence-corrected chi connectivity index (χ0v) is 10.5. The Hall–Kier alpha value is -1.42. The van der Waals surface area contributed by atoms with Gasteiger partial charge in [-0.25, -0.2) is 0 Å². The number of methoxy groups -OCH3 is 1. The van der Waals surface area contributed by atoms with E-state index in [1.54, 1.807) is 6.07 Å². The van der Waals surface area contributed by atoms with E-state index in [1.165, 1.54) is 14.0 Å². The van der Waals surface area contributed by atoms with Crippen molar-refractivity contribution in [2.45, 2.75) is 13.3 Å². The number of ketones is 1. The molecule has 0 radical (unpaired) electrons. The first-order chi connectivity index (χ1) is 8.15. The summed E-state index contributed by atoms with van der Waals surface area (Å²) in [5.74, 6) is 1.10. The molecule has 92 valence electrons. The molecule has 1 heterocycles. The number of fused-ring (bicyclic) bond motifs is 1. The quantitative estimate of drug-likeness (QED) is 0.763. The Morgan fingerprint density at radius 1 is 1.41 bits per heavy atom. The standard InChI is InChI=1S/C12H13ClO4/c1-7(14)10-11(15-2)8(13)6-9-12(10)17-5-3-4-16-9/h6H,3-5H2,1-2H3. The van der Waals surface area contributed by atoms with Crippen LogP contribution in [-0.2, 0) is 0 Å². The highest BCUT2D eigenvalue weighted by molar-refractivity contribution is 6.33. The zero-order chi connectivity index (χ0) is 12.4. The Kier molecular flexibility index (Phi) is 3.43. The maximum Gasteiger partial charge on any atom is 0.175 e. The van der Waals surface area contributed by atoms with Crippen LogP contribution in [0.25, 0.3) is 0 Å². The van der Waals surface area contributed by atoms with Crippen LogP contribution in [0.1, 0.15) is 23.7 Å². The summed E-state index contributed by atoms with van der Waals surface area (Å²) in [6, 6.07) is 1.62. The predicted octanol–water partition coefficient (Wildman–Crippen LogP) is 2.71. The van der Waals surface area contributed by atoms with Gasteiger partial charge in [-0.1, -0.05) is 11.6 Å². The molecule has 1 aliphatic rings. The molecule has 0 fully saturated rings. The largest absolute Gasteiger partial charge is 0.494 e. The van der Waals surface area contributed by atoms with E-state index >= 15 is 0 Å². The summed E-state index contributed by atoms with van der Waals surface area (Å²) in [6.45, 7) is 2.51. The molecule has 1 aromatic carbocycles. The van der Waals surface area contributed by atoms with Crippen molar-refractivity contribution in [3.63, 3.8) is 0 Å². The highest BCUT2D eigenvalue weighted by Crippen LogP contribution is 2.43. The van der Waals surface area contributed by atoms with Crippen molar-refractivity contribution in [3.05, 3.63) is 16.7 Å². The molecule has 0 spiro atoms. The van der Waals surface area contributed by atoms with Crippen molar-refractivity contribution >= 4 is 17.4 Å². The fraction of sp³-hybridized carbons (Fsp3) is 0.417. The van der Waals surface area contributed by atoms with Gasteiger partial charge < -0.3 is 14.2 Å². The van der Waals surface area contributed by atoms with Crippen LogP contribution < -0.4 is 14.2 Å². The monoisotopic (exact) mass is 256 g/mol. The van der Waals surface area contributed by atoms with Gasteiger partial charge in [-0.3, -0.25) is 4.79 Å². The van der Waals surface area contributed by atoms with E-state index < -0.39 is 0 Å². The fourth-order valence-corrected chi connectivity index (χ4v) is 2.05. The fourth-order valence-electron chi connectivity index (χ4n) is 1.78. The molecular formula is C12H13ClO4. The van der Waals surface area contributed by atoms with Crippen molar-refractivity contribution in [2.75, 3.05) is 20.3 Å². The van der Waals surface area contributed by atoms with Crippen LogP contribution in [0, 0.1) is 0 Å². The number of rotatable bonds is 2. The van der Waals surface area contributed by atoms with Gasteiger partial charge in [0.1, 0.15) is 5.56 Å². The smallest absolute Gasteiger partial charge is 0.175 e. The molecule has 0 saturated carbocycles. The van der Waals surface area contributed by atoms with Gasteiger partial charge in [0.2, 0.25) is 0 Å². The first-order valence-corrected chi connectivity index (χ1v) is 5.70. The SMILES string of the molecule is COc1c(Cl)cc2c(c1C(C)=O)OCCCO2. The third-order valence-corrected chi connectivity index (χ3v) is 2.78. The molecule has 1 aliphatic heterocycles.